The van der Waals surface area contributed by atoms with Crippen LogP contribution in [0, 0.1) is 5.92 Å². The molecule has 0 spiro atoms. The summed E-state index contributed by atoms with van der Waals surface area (Å²) in [5, 5.41) is 16.0. The molecule has 1 rings (SSSR count). The van der Waals surface area contributed by atoms with E-state index in [-0.39, 0.29) is 17.9 Å². The van der Waals surface area contributed by atoms with Crippen LogP contribution >= 0.6 is 0 Å². The van der Waals surface area contributed by atoms with Crippen molar-refractivity contribution in [1.29, 1.82) is 0 Å². The van der Waals surface area contributed by atoms with E-state index in [1.807, 2.05) is 13.8 Å². The topological polar surface area (TPSA) is 61.4 Å². The lowest BCUT2D eigenvalue weighted by molar-refractivity contribution is -0.126. The highest BCUT2D eigenvalue weighted by Gasteiger charge is 2.30. The minimum Gasteiger partial charge on any atom is -0.388 e. The second-order valence-electron chi connectivity index (χ2n) is 5.10. The standard InChI is InChI=1S/C12H24N2O2/c1-4-6-12(3,16)8-14-11(15)10-5-7-13-9(10)2/h9-10,13,16H,4-8H2,1-3H3,(H,14,15). The zero-order valence-corrected chi connectivity index (χ0v) is 10.5. The number of aliphatic hydroxyl groups is 1. The highest BCUT2D eigenvalue weighted by molar-refractivity contribution is 5.79. The highest BCUT2D eigenvalue weighted by Crippen LogP contribution is 2.16. The Bertz CT molecular complexity index is 241. The Kier molecular flexibility index (Phi) is 4.74. The van der Waals surface area contributed by atoms with Crippen LogP contribution in [0.4, 0.5) is 0 Å². The first-order valence-corrected chi connectivity index (χ1v) is 6.20. The minimum absolute atomic E-state index is 0.0532. The summed E-state index contributed by atoms with van der Waals surface area (Å²) < 4.78 is 0. The van der Waals surface area contributed by atoms with Crippen LogP contribution in [0.5, 0.6) is 0 Å². The second kappa shape index (κ2) is 5.64. The monoisotopic (exact) mass is 228 g/mol. The van der Waals surface area contributed by atoms with Crippen molar-refractivity contribution in [2.45, 2.75) is 51.7 Å². The summed E-state index contributed by atoms with van der Waals surface area (Å²) >= 11 is 0. The van der Waals surface area contributed by atoms with Crippen LogP contribution in [0.2, 0.25) is 0 Å². The predicted octanol–water partition coefficient (Wildman–Crippen LogP) is 0.652. The van der Waals surface area contributed by atoms with Crippen LogP contribution < -0.4 is 10.6 Å². The van der Waals surface area contributed by atoms with Crippen molar-refractivity contribution in [2.75, 3.05) is 13.1 Å². The molecule has 1 fully saturated rings. The van der Waals surface area contributed by atoms with E-state index in [9.17, 15) is 9.90 Å². The van der Waals surface area contributed by atoms with E-state index in [0.717, 1.165) is 19.4 Å². The van der Waals surface area contributed by atoms with Gasteiger partial charge in [-0.05, 0) is 33.2 Å². The molecule has 0 aromatic carbocycles. The van der Waals surface area contributed by atoms with Crippen LogP contribution in [0.3, 0.4) is 0 Å². The van der Waals surface area contributed by atoms with E-state index in [0.29, 0.717) is 13.0 Å². The summed E-state index contributed by atoms with van der Waals surface area (Å²) in [7, 11) is 0. The Morgan fingerprint density at radius 1 is 1.62 bits per heavy atom. The third-order valence-corrected chi connectivity index (χ3v) is 3.29. The van der Waals surface area contributed by atoms with Crippen LogP contribution in [-0.2, 0) is 4.79 Å². The molecule has 0 radical (unpaired) electrons. The average molecular weight is 228 g/mol. The molecule has 16 heavy (non-hydrogen) atoms. The lowest BCUT2D eigenvalue weighted by Crippen LogP contribution is -2.44. The lowest BCUT2D eigenvalue weighted by Gasteiger charge is -2.24. The van der Waals surface area contributed by atoms with Crippen molar-refractivity contribution in [3.63, 3.8) is 0 Å². The van der Waals surface area contributed by atoms with Crippen LogP contribution in [0.15, 0.2) is 0 Å². The molecule has 0 saturated carbocycles. The van der Waals surface area contributed by atoms with Gasteiger partial charge < -0.3 is 15.7 Å². The van der Waals surface area contributed by atoms with E-state index >= 15 is 0 Å². The molecule has 1 heterocycles. The van der Waals surface area contributed by atoms with Crippen LogP contribution in [0.25, 0.3) is 0 Å². The number of amides is 1. The summed E-state index contributed by atoms with van der Waals surface area (Å²) in [6.45, 7) is 7.08. The van der Waals surface area contributed by atoms with E-state index in [4.69, 9.17) is 0 Å². The molecule has 0 aliphatic carbocycles. The van der Waals surface area contributed by atoms with Gasteiger partial charge in [-0.15, -0.1) is 0 Å². The third kappa shape index (κ3) is 3.76. The fourth-order valence-electron chi connectivity index (χ4n) is 2.25. The summed E-state index contributed by atoms with van der Waals surface area (Å²) in [6.07, 6.45) is 2.53. The molecule has 3 unspecified atom stereocenters. The normalized spacial score (nSPS) is 28.8. The number of carbonyl (C=O) groups excluding carboxylic acids is 1. The Balaban J connectivity index is 2.34. The fourth-order valence-corrected chi connectivity index (χ4v) is 2.25. The maximum absolute atomic E-state index is 11.8. The van der Waals surface area contributed by atoms with Gasteiger partial charge in [0.1, 0.15) is 0 Å². The van der Waals surface area contributed by atoms with Crippen molar-refractivity contribution in [3.8, 4) is 0 Å². The maximum Gasteiger partial charge on any atom is 0.224 e. The summed E-state index contributed by atoms with van der Waals surface area (Å²) in [6, 6.07) is 0.246. The lowest BCUT2D eigenvalue weighted by atomic mass is 9.98. The highest BCUT2D eigenvalue weighted by atomic mass is 16.3. The van der Waals surface area contributed by atoms with Crippen LogP contribution in [-0.4, -0.2) is 35.7 Å². The molecular weight excluding hydrogens is 204 g/mol. The average Bonchev–Trinajstić information content (AvgIpc) is 2.61. The van der Waals surface area contributed by atoms with Crippen molar-refractivity contribution in [3.05, 3.63) is 0 Å². The van der Waals surface area contributed by atoms with E-state index in [2.05, 4.69) is 10.6 Å². The number of hydrogen-bond acceptors (Lipinski definition) is 3. The van der Waals surface area contributed by atoms with Gasteiger partial charge in [0, 0.05) is 12.6 Å². The number of hydrogen-bond donors (Lipinski definition) is 3. The molecule has 3 atom stereocenters. The Morgan fingerprint density at radius 2 is 2.31 bits per heavy atom. The zero-order chi connectivity index (χ0) is 12.2. The molecule has 1 aliphatic rings. The first-order chi connectivity index (χ1) is 7.46. The van der Waals surface area contributed by atoms with Gasteiger partial charge in [0.15, 0.2) is 0 Å². The van der Waals surface area contributed by atoms with Crippen molar-refractivity contribution in [2.24, 2.45) is 5.92 Å². The number of rotatable bonds is 5. The van der Waals surface area contributed by atoms with Gasteiger partial charge in [0.05, 0.1) is 11.5 Å². The Labute approximate surface area is 97.8 Å². The molecule has 3 N–H and O–H groups in total. The summed E-state index contributed by atoms with van der Waals surface area (Å²) in [5.74, 6) is 0.117. The molecule has 0 bridgehead atoms. The Hall–Kier alpha value is -0.610. The third-order valence-electron chi connectivity index (χ3n) is 3.29. The second-order valence-corrected chi connectivity index (χ2v) is 5.10. The van der Waals surface area contributed by atoms with Gasteiger partial charge in [0.25, 0.3) is 0 Å². The van der Waals surface area contributed by atoms with Gasteiger partial charge in [-0.1, -0.05) is 13.3 Å². The fraction of sp³-hybridized carbons (Fsp3) is 0.917. The SMILES string of the molecule is CCCC(C)(O)CNC(=O)C1CCNC1C. The van der Waals surface area contributed by atoms with Gasteiger partial charge in [-0.2, -0.15) is 0 Å². The van der Waals surface area contributed by atoms with Gasteiger partial charge in [0.2, 0.25) is 5.91 Å². The molecule has 0 aromatic heterocycles. The van der Waals surface area contributed by atoms with E-state index in [1.165, 1.54) is 0 Å². The first kappa shape index (κ1) is 13.5. The molecule has 4 nitrogen and oxygen atoms in total. The van der Waals surface area contributed by atoms with E-state index < -0.39 is 5.60 Å². The smallest absolute Gasteiger partial charge is 0.224 e. The first-order valence-electron chi connectivity index (χ1n) is 6.20. The van der Waals surface area contributed by atoms with E-state index in [1.54, 1.807) is 6.92 Å². The quantitative estimate of drug-likeness (QED) is 0.647. The number of nitrogens with one attached hydrogen (secondary N) is 2. The largest absolute Gasteiger partial charge is 0.388 e. The minimum atomic E-state index is -0.778. The molecular formula is C12H24N2O2. The molecule has 0 aromatic rings. The molecule has 94 valence electrons. The number of carbonyl (C=O) groups is 1. The molecule has 1 aliphatic heterocycles. The molecule has 1 saturated heterocycles. The molecule has 1 amide bonds. The summed E-state index contributed by atoms with van der Waals surface area (Å²) in [5.41, 5.74) is -0.778. The van der Waals surface area contributed by atoms with Crippen molar-refractivity contribution in [1.82, 2.24) is 10.6 Å². The maximum atomic E-state index is 11.8. The van der Waals surface area contributed by atoms with Gasteiger partial charge >= 0.3 is 0 Å². The van der Waals surface area contributed by atoms with Crippen LogP contribution in [0.1, 0.15) is 40.0 Å². The summed E-state index contributed by atoms with van der Waals surface area (Å²) in [4.78, 5) is 11.8. The van der Waals surface area contributed by atoms with Gasteiger partial charge in [-0.25, -0.2) is 0 Å². The Morgan fingerprint density at radius 3 is 2.81 bits per heavy atom. The van der Waals surface area contributed by atoms with Gasteiger partial charge in [-0.3, -0.25) is 4.79 Å². The van der Waals surface area contributed by atoms with Crippen molar-refractivity contribution < 1.29 is 9.90 Å². The predicted molar refractivity (Wildman–Crippen MR) is 64.1 cm³/mol. The molecule has 4 heteroatoms. The zero-order valence-electron chi connectivity index (χ0n) is 10.5. The van der Waals surface area contributed by atoms with Crippen molar-refractivity contribution >= 4 is 5.91 Å².